The first-order valence-electron chi connectivity index (χ1n) is 10.3. The van der Waals surface area contributed by atoms with Crippen LogP contribution in [0.2, 0.25) is 0 Å². The molecule has 0 saturated carbocycles. The average molecular weight is 410 g/mol. The number of rotatable bonds is 3. The second kappa shape index (κ2) is 7.91. The van der Waals surface area contributed by atoms with Crippen LogP contribution in [0.4, 0.5) is 8.78 Å². The van der Waals surface area contributed by atoms with E-state index in [2.05, 4.69) is 10.00 Å². The van der Waals surface area contributed by atoms with Gasteiger partial charge in [0.25, 0.3) is 0 Å². The van der Waals surface area contributed by atoms with Crippen LogP contribution >= 0.6 is 0 Å². The van der Waals surface area contributed by atoms with Gasteiger partial charge in [-0.2, -0.15) is 5.10 Å². The van der Waals surface area contributed by atoms with E-state index < -0.39 is 23.8 Å². The van der Waals surface area contributed by atoms with E-state index in [1.54, 1.807) is 0 Å². The molecule has 0 amide bonds. The molecule has 0 spiro atoms. The molecule has 2 aliphatic rings. The number of hydrogen-bond acceptors (Lipinski definition) is 4. The van der Waals surface area contributed by atoms with E-state index in [0.29, 0.717) is 13.0 Å². The second-order valence-electron chi connectivity index (χ2n) is 8.07. The topological polar surface area (TPSA) is 56.3 Å². The van der Waals surface area contributed by atoms with Crippen LogP contribution in [0.1, 0.15) is 35.8 Å². The molecule has 1 unspecified atom stereocenters. The van der Waals surface area contributed by atoms with Gasteiger partial charge in [0.05, 0.1) is 17.6 Å². The molecule has 2 aromatic carbocycles. The molecule has 1 fully saturated rings. The summed E-state index contributed by atoms with van der Waals surface area (Å²) in [5.41, 5.74) is 10.1. The first-order valence-corrected chi connectivity index (χ1v) is 10.3. The Kier molecular flexibility index (Phi) is 5.10. The molecule has 0 radical (unpaired) electrons. The fraction of sp³-hybridized carbons (Fsp3) is 0.348. The van der Waals surface area contributed by atoms with Crippen molar-refractivity contribution in [3.05, 3.63) is 83.2 Å². The van der Waals surface area contributed by atoms with Gasteiger partial charge in [0, 0.05) is 42.9 Å². The highest BCUT2D eigenvalue weighted by Crippen LogP contribution is 2.34. The molecule has 2 N–H and O–H groups in total. The molecule has 1 saturated heterocycles. The van der Waals surface area contributed by atoms with Gasteiger partial charge in [-0.25, -0.2) is 13.5 Å². The third kappa shape index (κ3) is 3.53. The number of nitrogens with two attached hydrogens (primary N) is 1. The number of hydrogen-bond donors (Lipinski definition) is 1. The Hall–Kier alpha value is -2.61. The maximum absolute atomic E-state index is 14.3. The first-order chi connectivity index (χ1) is 14.6. The van der Waals surface area contributed by atoms with E-state index in [0.717, 1.165) is 37.3 Å². The van der Waals surface area contributed by atoms with Crippen molar-refractivity contribution in [3.63, 3.8) is 0 Å². The Balaban J connectivity index is 1.33. The smallest absolute Gasteiger partial charge is 0.129 e. The molecule has 3 atom stereocenters. The van der Waals surface area contributed by atoms with Crippen molar-refractivity contribution in [2.24, 2.45) is 5.73 Å². The highest BCUT2D eigenvalue weighted by atomic mass is 19.1. The maximum atomic E-state index is 14.3. The van der Waals surface area contributed by atoms with Crippen LogP contribution in [-0.2, 0) is 17.8 Å². The lowest BCUT2D eigenvalue weighted by Crippen LogP contribution is -2.38. The van der Waals surface area contributed by atoms with Crippen LogP contribution in [-0.4, -0.2) is 33.4 Å². The van der Waals surface area contributed by atoms with Gasteiger partial charge in [-0.05, 0) is 43.2 Å². The highest BCUT2D eigenvalue weighted by molar-refractivity contribution is 5.36. The highest BCUT2D eigenvalue weighted by Gasteiger charge is 2.35. The van der Waals surface area contributed by atoms with E-state index in [9.17, 15) is 8.78 Å². The third-order valence-corrected chi connectivity index (χ3v) is 6.14. The van der Waals surface area contributed by atoms with E-state index >= 15 is 0 Å². The summed E-state index contributed by atoms with van der Waals surface area (Å²) in [6.07, 6.45) is 2.74. The zero-order chi connectivity index (χ0) is 20.7. The predicted molar refractivity (Wildman–Crippen MR) is 109 cm³/mol. The number of nitrogens with zero attached hydrogens (tertiary/aromatic N) is 3. The lowest BCUT2D eigenvalue weighted by molar-refractivity contribution is 0.0430. The SMILES string of the molecule is N[C@H]1CC(N2Cc3cnn(-c4ccccc4)c3C2)CCO[C@@H]1c1cc(F)ccc1F. The van der Waals surface area contributed by atoms with Gasteiger partial charge in [-0.3, -0.25) is 4.90 Å². The molecule has 1 aromatic heterocycles. The van der Waals surface area contributed by atoms with Gasteiger partial charge < -0.3 is 10.5 Å². The first kappa shape index (κ1) is 19.4. The quantitative estimate of drug-likeness (QED) is 0.715. The monoisotopic (exact) mass is 410 g/mol. The molecule has 5 rings (SSSR count). The number of halogens is 2. The Morgan fingerprint density at radius 3 is 2.73 bits per heavy atom. The van der Waals surface area contributed by atoms with E-state index in [4.69, 9.17) is 10.5 Å². The maximum Gasteiger partial charge on any atom is 0.129 e. The number of ether oxygens (including phenoxy) is 1. The van der Waals surface area contributed by atoms with E-state index in [1.165, 1.54) is 17.3 Å². The molecule has 7 heteroatoms. The summed E-state index contributed by atoms with van der Waals surface area (Å²) < 4.78 is 35.8. The van der Waals surface area contributed by atoms with Gasteiger partial charge in [0.2, 0.25) is 0 Å². The Bertz CT molecular complexity index is 1040. The van der Waals surface area contributed by atoms with Crippen LogP contribution in [0, 0.1) is 11.6 Å². The van der Waals surface area contributed by atoms with E-state index in [-0.39, 0.29) is 11.6 Å². The summed E-state index contributed by atoms with van der Waals surface area (Å²) in [4.78, 5) is 2.39. The fourth-order valence-corrected chi connectivity index (χ4v) is 4.62. The van der Waals surface area contributed by atoms with Gasteiger partial charge in [0.15, 0.2) is 0 Å². The van der Waals surface area contributed by atoms with Crippen LogP contribution in [0.5, 0.6) is 0 Å². The Morgan fingerprint density at radius 2 is 1.90 bits per heavy atom. The fourth-order valence-electron chi connectivity index (χ4n) is 4.62. The molecule has 156 valence electrons. The van der Waals surface area contributed by atoms with Crippen molar-refractivity contribution in [2.45, 2.75) is 44.1 Å². The average Bonchev–Trinajstić information content (AvgIpc) is 3.28. The molecule has 5 nitrogen and oxygen atoms in total. The summed E-state index contributed by atoms with van der Waals surface area (Å²) >= 11 is 0. The number of fused-ring (bicyclic) bond motifs is 1. The van der Waals surface area contributed by atoms with Gasteiger partial charge in [0.1, 0.15) is 17.7 Å². The largest absolute Gasteiger partial charge is 0.372 e. The molecular formula is C23H24F2N4O. The molecule has 3 heterocycles. The summed E-state index contributed by atoms with van der Waals surface area (Å²) in [5, 5.41) is 4.55. The van der Waals surface area contributed by atoms with Crippen LogP contribution < -0.4 is 5.73 Å². The Morgan fingerprint density at radius 1 is 1.07 bits per heavy atom. The van der Waals surface area contributed by atoms with Gasteiger partial charge in [-0.1, -0.05) is 18.2 Å². The normalized spacial score (nSPS) is 24.6. The summed E-state index contributed by atoms with van der Waals surface area (Å²) in [6, 6.07) is 13.3. The summed E-state index contributed by atoms with van der Waals surface area (Å²) in [5.74, 6) is -0.963. The lowest BCUT2D eigenvalue weighted by Gasteiger charge is -2.28. The molecule has 3 aromatic rings. The van der Waals surface area contributed by atoms with Crippen molar-refractivity contribution in [1.29, 1.82) is 0 Å². The number of para-hydroxylation sites is 1. The predicted octanol–water partition coefficient (Wildman–Crippen LogP) is 3.71. The van der Waals surface area contributed by atoms with Gasteiger partial charge in [-0.15, -0.1) is 0 Å². The minimum absolute atomic E-state index is 0.201. The van der Waals surface area contributed by atoms with Crippen LogP contribution in [0.15, 0.2) is 54.7 Å². The molecular weight excluding hydrogens is 386 g/mol. The van der Waals surface area contributed by atoms with Crippen molar-refractivity contribution >= 4 is 0 Å². The van der Waals surface area contributed by atoms with Crippen molar-refractivity contribution in [2.75, 3.05) is 6.61 Å². The van der Waals surface area contributed by atoms with Crippen LogP contribution in [0.25, 0.3) is 5.69 Å². The number of aromatic nitrogens is 2. The minimum Gasteiger partial charge on any atom is -0.372 e. The third-order valence-electron chi connectivity index (χ3n) is 6.14. The standard InChI is InChI=1S/C23H24F2N4O/c24-16-6-7-20(25)19(10-16)23-21(26)11-18(8-9-30-23)28-13-15-12-27-29(22(15)14-28)17-4-2-1-3-5-17/h1-7,10,12,18,21,23H,8-9,11,13-14,26H2/t18?,21-,23+/m0/s1. The summed E-state index contributed by atoms with van der Waals surface area (Å²) in [6.45, 7) is 2.04. The molecule has 2 aliphatic heterocycles. The Labute approximate surface area is 174 Å². The van der Waals surface area contributed by atoms with Gasteiger partial charge >= 0.3 is 0 Å². The zero-order valence-electron chi connectivity index (χ0n) is 16.5. The summed E-state index contributed by atoms with van der Waals surface area (Å²) in [7, 11) is 0. The van der Waals surface area contributed by atoms with Crippen molar-refractivity contribution < 1.29 is 13.5 Å². The second-order valence-corrected chi connectivity index (χ2v) is 8.07. The zero-order valence-corrected chi connectivity index (χ0v) is 16.5. The van der Waals surface area contributed by atoms with Crippen molar-refractivity contribution in [3.8, 4) is 5.69 Å². The molecule has 30 heavy (non-hydrogen) atoms. The lowest BCUT2D eigenvalue weighted by atomic mass is 9.96. The number of benzene rings is 2. The minimum atomic E-state index is -0.643. The molecule has 0 bridgehead atoms. The van der Waals surface area contributed by atoms with Crippen molar-refractivity contribution in [1.82, 2.24) is 14.7 Å². The molecule has 0 aliphatic carbocycles. The van der Waals surface area contributed by atoms with E-state index in [1.807, 2.05) is 41.2 Å². The van der Waals surface area contributed by atoms with Crippen LogP contribution in [0.3, 0.4) is 0 Å².